The SMILES string of the molecule is O=C1/C(=C/c2cccc([N+](=O)[O-])c2)NC(=S)N1C1CC1. The molecule has 1 N–H and O–H groups in total. The van der Waals surface area contributed by atoms with E-state index in [1.807, 2.05) is 0 Å². The minimum atomic E-state index is -0.465. The van der Waals surface area contributed by atoms with E-state index in [-0.39, 0.29) is 17.6 Å². The van der Waals surface area contributed by atoms with Gasteiger partial charge in [-0.1, -0.05) is 12.1 Å². The largest absolute Gasteiger partial charge is 0.328 e. The Kier molecular flexibility index (Phi) is 2.98. The zero-order chi connectivity index (χ0) is 14.3. The molecule has 1 saturated heterocycles. The van der Waals surface area contributed by atoms with Gasteiger partial charge in [0.1, 0.15) is 5.70 Å². The number of hydrogen-bond donors (Lipinski definition) is 1. The molecule has 1 saturated carbocycles. The predicted octanol–water partition coefficient (Wildman–Crippen LogP) is 1.81. The predicted molar refractivity (Wildman–Crippen MR) is 76.7 cm³/mol. The quantitative estimate of drug-likeness (QED) is 0.397. The summed E-state index contributed by atoms with van der Waals surface area (Å²) in [6.07, 6.45) is 3.53. The Hall–Kier alpha value is -2.28. The van der Waals surface area contributed by atoms with Gasteiger partial charge in [0.05, 0.1) is 4.92 Å². The number of carbonyl (C=O) groups excluding carboxylic acids is 1. The number of nitrogens with one attached hydrogen (secondary N) is 1. The van der Waals surface area contributed by atoms with Crippen LogP contribution in [-0.2, 0) is 4.79 Å². The third-order valence-electron chi connectivity index (χ3n) is 3.21. The fourth-order valence-corrected chi connectivity index (χ4v) is 2.45. The molecule has 7 heteroatoms. The van der Waals surface area contributed by atoms with Crippen molar-refractivity contribution in [3.63, 3.8) is 0 Å². The molecule has 1 aromatic rings. The van der Waals surface area contributed by atoms with Crippen LogP contribution in [0.3, 0.4) is 0 Å². The number of benzene rings is 1. The molecular formula is C13H11N3O3S. The second kappa shape index (κ2) is 4.68. The van der Waals surface area contributed by atoms with Crippen LogP contribution in [0.15, 0.2) is 30.0 Å². The van der Waals surface area contributed by atoms with Crippen molar-refractivity contribution < 1.29 is 9.72 Å². The average molecular weight is 289 g/mol. The number of amides is 1. The van der Waals surface area contributed by atoms with Crippen LogP contribution in [-0.4, -0.2) is 26.9 Å². The highest BCUT2D eigenvalue weighted by Gasteiger charge is 2.41. The first-order valence-electron chi connectivity index (χ1n) is 6.17. The van der Waals surface area contributed by atoms with Gasteiger partial charge in [-0.15, -0.1) is 0 Å². The van der Waals surface area contributed by atoms with Gasteiger partial charge in [-0.2, -0.15) is 0 Å². The third kappa shape index (κ3) is 2.27. The summed E-state index contributed by atoms with van der Waals surface area (Å²) in [5, 5.41) is 14.0. The second-order valence-corrected chi connectivity index (χ2v) is 5.13. The molecule has 1 heterocycles. The summed E-state index contributed by atoms with van der Waals surface area (Å²) >= 11 is 5.14. The molecule has 0 aromatic heterocycles. The summed E-state index contributed by atoms with van der Waals surface area (Å²) in [5.74, 6) is -0.163. The van der Waals surface area contributed by atoms with E-state index in [2.05, 4.69) is 5.32 Å². The highest BCUT2D eigenvalue weighted by atomic mass is 32.1. The number of non-ortho nitro benzene ring substituents is 1. The van der Waals surface area contributed by atoms with E-state index in [9.17, 15) is 14.9 Å². The highest BCUT2D eigenvalue weighted by molar-refractivity contribution is 7.80. The van der Waals surface area contributed by atoms with Crippen LogP contribution in [0.2, 0.25) is 0 Å². The lowest BCUT2D eigenvalue weighted by molar-refractivity contribution is -0.384. The Balaban J connectivity index is 1.89. The lowest BCUT2D eigenvalue weighted by Crippen LogP contribution is -2.32. The highest BCUT2D eigenvalue weighted by Crippen LogP contribution is 2.31. The minimum Gasteiger partial charge on any atom is -0.328 e. The maximum atomic E-state index is 12.2. The van der Waals surface area contributed by atoms with Crippen molar-refractivity contribution in [2.45, 2.75) is 18.9 Å². The van der Waals surface area contributed by atoms with Crippen molar-refractivity contribution in [1.82, 2.24) is 10.2 Å². The molecule has 2 fully saturated rings. The Morgan fingerprint density at radius 3 is 2.85 bits per heavy atom. The van der Waals surface area contributed by atoms with Crippen molar-refractivity contribution in [3.8, 4) is 0 Å². The van der Waals surface area contributed by atoms with Crippen LogP contribution in [0.4, 0.5) is 5.69 Å². The van der Waals surface area contributed by atoms with Crippen LogP contribution in [0.25, 0.3) is 6.08 Å². The van der Waals surface area contributed by atoms with E-state index >= 15 is 0 Å². The van der Waals surface area contributed by atoms with Crippen LogP contribution in [0.5, 0.6) is 0 Å². The Morgan fingerprint density at radius 2 is 2.20 bits per heavy atom. The fraction of sp³-hybridized carbons (Fsp3) is 0.231. The molecule has 1 aromatic carbocycles. The molecule has 3 rings (SSSR count). The molecule has 6 nitrogen and oxygen atoms in total. The molecule has 0 unspecified atom stereocenters. The number of nitrogens with zero attached hydrogens (tertiary/aromatic N) is 2. The number of hydrogen-bond acceptors (Lipinski definition) is 4. The monoisotopic (exact) mass is 289 g/mol. The molecule has 1 aliphatic carbocycles. The van der Waals surface area contributed by atoms with E-state index in [0.29, 0.717) is 16.4 Å². The van der Waals surface area contributed by atoms with Gasteiger partial charge in [0.15, 0.2) is 5.11 Å². The normalized spacial score (nSPS) is 20.4. The van der Waals surface area contributed by atoms with Crippen molar-refractivity contribution in [1.29, 1.82) is 0 Å². The van der Waals surface area contributed by atoms with Gasteiger partial charge in [0.25, 0.3) is 11.6 Å². The number of rotatable bonds is 3. The molecule has 20 heavy (non-hydrogen) atoms. The van der Waals surface area contributed by atoms with Gasteiger partial charge in [-0.3, -0.25) is 19.8 Å². The van der Waals surface area contributed by atoms with E-state index in [1.165, 1.54) is 12.1 Å². The molecule has 0 bridgehead atoms. The van der Waals surface area contributed by atoms with Crippen molar-refractivity contribution >= 4 is 35.0 Å². The van der Waals surface area contributed by atoms with Crippen molar-refractivity contribution in [3.05, 3.63) is 45.6 Å². The molecule has 0 spiro atoms. The van der Waals surface area contributed by atoms with E-state index in [0.717, 1.165) is 12.8 Å². The van der Waals surface area contributed by atoms with E-state index in [4.69, 9.17) is 12.2 Å². The smallest absolute Gasteiger partial charge is 0.276 e. The molecule has 0 atom stereocenters. The van der Waals surface area contributed by atoms with Crippen LogP contribution in [0.1, 0.15) is 18.4 Å². The van der Waals surface area contributed by atoms with Gasteiger partial charge in [-0.25, -0.2) is 0 Å². The average Bonchev–Trinajstić information content (AvgIpc) is 3.19. The summed E-state index contributed by atoms with van der Waals surface area (Å²) in [6, 6.07) is 6.33. The number of nitro benzene ring substituents is 1. The zero-order valence-corrected chi connectivity index (χ0v) is 11.2. The Labute approximate surface area is 120 Å². The number of nitro groups is 1. The maximum absolute atomic E-state index is 12.2. The lowest BCUT2D eigenvalue weighted by Gasteiger charge is -2.11. The first kappa shape index (κ1) is 12.7. The summed E-state index contributed by atoms with van der Waals surface area (Å²) in [5.41, 5.74) is 0.948. The zero-order valence-electron chi connectivity index (χ0n) is 10.4. The topological polar surface area (TPSA) is 75.5 Å². The van der Waals surface area contributed by atoms with E-state index in [1.54, 1.807) is 23.1 Å². The summed E-state index contributed by atoms with van der Waals surface area (Å²) in [4.78, 5) is 24.0. The molecule has 1 amide bonds. The van der Waals surface area contributed by atoms with Crippen LogP contribution >= 0.6 is 12.2 Å². The fourth-order valence-electron chi connectivity index (χ4n) is 2.11. The van der Waals surface area contributed by atoms with Crippen molar-refractivity contribution in [2.24, 2.45) is 0 Å². The molecular weight excluding hydrogens is 278 g/mol. The third-order valence-corrected chi connectivity index (χ3v) is 3.51. The first-order valence-corrected chi connectivity index (χ1v) is 6.58. The van der Waals surface area contributed by atoms with Crippen LogP contribution < -0.4 is 5.32 Å². The molecule has 0 radical (unpaired) electrons. The summed E-state index contributed by atoms with van der Waals surface area (Å²) < 4.78 is 0. The maximum Gasteiger partial charge on any atom is 0.276 e. The van der Waals surface area contributed by atoms with Gasteiger partial charge >= 0.3 is 0 Å². The van der Waals surface area contributed by atoms with E-state index < -0.39 is 4.92 Å². The minimum absolute atomic E-state index is 0.00794. The van der Waals surface area contributed by atoms with Gasteiger partial charge in [0.2, 0.25) is 0 Å². The van der Waals surface area contributed by atoms with Crippen molar-refractivity contribution in [2.75, 3.05) is 0 Å². The standard InChI is InChI=1S/C13H11N3O3S/c17-12-11(14-13(20)15(12)9-4-5-9)7-8-2-1-3-10(6-8)16(18)19/h1-3,6-7,9H,4-5H2,(H,14,20)/b11-7-. The molecule has 2 aliphatic rings. The first-order chi connectivity index (χ1) is 9.56. The Bertz CT molecular complexity index is 652. The van der Waals surface area contributed by atoms with Crippen LogP contribution in [0, 0.1) is 10.1 Å². The summed E-state index contributed by atoms with van der Waals surface area (Å²) in [6.45, 7) is 0. The lowest BCUT2D eigenvalue weighted by atomic mass is 10.1. The number of carbonyl (C=O) groups is 1. The van der Waals surface area contributed by atoms with Gasteiger partial charge in [-0.05, 0) is 36.7 Å². The summed E-state index contributed by atoms with van der Waals surface area (Å²) in [7, 11) is 0. The second-order valence-electron chi connectivity index (χ2n) is 4.75. The van der Waals surface area contributed by atoms with Gasteiger partial charge < -0.3 is 5.32 Å². The van der Waals surface area contributed by atoms with Gasteiger partial charge in [0, 0.05) is 18.2 Å². The number of thiocarbonyl (C=S) groups is 1. The Morgan fingerprint density at radius 1 is 1.45 bits per heavy atom. The molecule has 1 aliphatic heterocycles. The molecule has 102 valence electrons.